The molecule has 0 amide bonds. The summed E-state index contributed by atoms with van der Waals surface area (Å²) in [5.74, 6) is 0.904. The van der Waals surface area contributed by atoms with Crippen LogP contribution in [0.5, 0.6) is 0 Å². The molecule has 1 saturated carbocycles. The van der Waals surface area contributed by atoms with E-state index in [-0.39, 0.29) is 12.1 Å². The lowest BCUT2D eigenvalue weighted by atomic mass is 9.78. The molecular formula is C14H28N2O. The van der Waals surface area contributed by atoms with Crippen molar-refractivity contribution in [3.63, 3.8) is 0 Å². The first kappa shape index (κ1) is 13.3. The Hall–Kier alpha value is -0.120. The Bertz CT molecular complexity index is 232. The van der Waals surface area contributed by atoms with Crippen LogP contribution in [0.4, 0.5) is 0 Å². The van der Waals surface area contributed by atoms with E-state index in [4.69, 9.17) is 0 Å². The Morgan fingerprint density at radius 1 is 1.29 bits per heavy atom. The summed E-state index contributed by atoms with van der Waals surface area (Å²) in [5, 5.41) is 13.0. The minimum Gasteiger partial charge on any atom is -0.394 e. The van der Waals surface area contributed by atoms with Gasteiger partial charge in [-0.3, -0.25) is 0 Å². The number of likely N-dealkylation sites (N-methyl/N-ethyl adjacent to an activating group) is 1. The van der Waals surface area contributed by atoms with E-state index in [9.17, 15) is 5.11 Å². The molecule has 2 aliphatic rings. The van der Waals surface area contributed by atoms with Crippen molar-refractivity contribution in [2.24, 2.45) is 5.92 Å². The van der Waals surface area contributed by atoms with Gasteiger partial charge in [-0.05, 0) is 64.6 Å². The first-order valence-electron chi connectivity index (χ1n) is 7.23. The van der Waals surface area contributed by atoms with E-state index >= 15 is 0 Å². The molecule has 100 valence electrons. The molecule has 0 aromatic rings. The topological polar surface area (TPSA) is 35.5 Å². The van der Waals surface area contributed by atoms with Crippen LogP contribution in [0.3, 0.4) is 0 Å². The third-order valence-corrected chi connectivity index (χ3v) is 4.99. The molecule has 0 aromatic carbocycles. The second kappa shape index (κ2) is 5.68. The van der Waals surface area contributed by atoms with Gasteiger partial charge in [0.15, 0.2) is 0 Å². The fraction of sp³-hybridized carbons (Fsp3) is 1.00. The normalized spacial score (nSPS) is 37.2. The smallest absolute Gasteiger partial charge is 0.0613 e. The Kier molecular flexibility index (Phi) is 4.45. The Labute approximate surface area is 106 Å². The number of nitrogens with one attached hydrogen (secondary N) is 1. The largest absolute Gasteiger partial charge is 0.394 e. The molecule has 2 atom stereocenters. The number of piperidine rings is 1. The summed E-state index contributed by atoms with van der Waals surface area (Å²) in [4.78, 5) is 2.67. The van der Waals surface area contributed by atoms with E-state index in [1.807, 2.05) is 7.05 Å². The maximum Gasteiger partial charge on any atom is 0.0613 e. The van der Waals surface area contributed by atoms with Crippen LogP contribution in [-0.4, -0.2) is 48.3 Å². The summed E-state index contributed by atoms with van der Waals surface area (Å²) >= 11 is 0. The molecule has 3 heteroatoms. The average Bonchev–Trinajstić information content (AvgIpc) is 2.39. The van der Waals surface area contributed by atoms with E-state index in [0.717, 1.165) is 18.8 Å². The van der Waals surface area contributed by atoms with Crippen molar-refractivity contribution < 1.29 is 5.11 Å². The zero-order chi connectivity index (χ0) is 12.3. The predicted octanol–water partition coefficient (Wildman–Crippen LogP) is 1.61. The second-order valence-electron chi connectivity index (χ2n) is 6.16. The standard InChI is InChI=1S/C14H28N2O/c1-12-5-8-16(9-6-12)13-4-3-7-14(10-13,11-17)15-2/h12-13,15,17H,3-11H2,1-2H3. The van der Waals surface area contributed by atoms with Gasteiger partial charge in [0, 0.05) is 11.6 Å². The number of rotatable bonds is 3. The molecule has 1 aliphatic heterocycles. The van der Waals surface area contributed by atoms with Crippen molar-refractivity contribution in [3.8, 4) is 0 Å². The van der Waals surface area contributed by atoms with Gasteiger partial charge < -0.3 is 15.3 Å². The van der Waals surface area contributed by atoms with Crippen LogP contribution in [0, 0.1) is 5.92 Å². The fourth-order valence-corrected chi connectivity index (χ4v) is 3.49. The lowest BCUT2D eigenvalue weighted by Crippen LogP contribution is -2.55. The molecule has 1 saturated heterocycles. The number of aliphatic hydroxyl groups excluding tert-OH is 1. The first-order valence-corrected chi connectivity index (χ1v) is 7.23. The summed E-state index contributed by atoms with van der Waals surface area (Å²) < 4.78 is 0. The SMILES string of the molecule is CNC1(CO)CCCC(N2CCC(C)CC2)C1. The van der Waals surface area contributed by atoms with Crippen molar-refractivity contribution >= 4 is 0 Å². The minimum atomic E-state index is -0.00796. The van der Waals surface area contributed by atoms with Gasteiger partial charge in [0.05, 0.1) is 6.61 Å². The molecule has 1 heterocycles. The van der Waals surface area contributed by atoms with Crippen LogP contribution in [-0.2, 0) is 0 Å². The number of likely N-dealkylation sites (tertiary alicyclic amines) is 1. The molecule has 0 spiro atoms. The highest BCUT2D eigenvalue weighted by Crippen LogP contribution is 2.32. The summed E-state index contributed by atoms with van der Waals surface area (Å²) in [6.07, 6.45) is 7.51. The van der Waals surface area contributed by atoms with Gasteiger partial charge in [-0.1, -0.05) is 6.92 Å². The zero-order valence-electron chi connectivity index (χ0n) is 11.4. The van der Waals surface area contributed by atoms with Crippen LogP contribution in [0.1, 0.15) is 45.4 Å². The first-order chi connectivity index (χ1) is 8.19. The van der Waals surface area contributed by atoms with E-state index in [1.165, 1.54) is 38.8 Å². The van der Waals surface area contributed by atoms with Crippen LogP contribution < -0.4 is 5.32 Å². The summed E-state index contributed by atoms with van der Waals surface area (Å²) in [6.45, 7) is 5.17. The van der Waals surface area contributed by atoms with Gasteiger partial charge in [0.25, 0.3) is 0 Å². The highest BCUT2D eigenvalue weighted by atomic mass is 16.3. The second-order valence-corrected chi connectivity index (χ2v) is 6.16. The van der Waals surface area contributed by atoms with Crippen LogP contribution in [0.2, 0.25) is 0 Å². The van der Waals surface area contributed by atoms with E-state index in [0.29, 0.717) is 6.04 Å². The molecule has 0 radical (unpaired) electrons. The minimum absolute atomic E-state index is 0.00796. The molecule has 17 heavy (non-hydrogen) atoms. The lowest BCUT2D eigenvalue weighted by molar-refractivity contribution is 0.0476. The van der Waals surface area contributed by atoms with E-state index in [1.54, 1.807) is 0 Å². The van der Waals surface area contributed by atoms with Gasteiger partial charge >= 0.3 is 0 Å². The van der Waals surface area contributed by atoms with Crippen molar-refractivity contribution in [2.75, 3.05) is 26.7 Å². The molecule has 0 aromatic heterocycles. The van der Waals surface area contributed by atoms with Crippen molar-refractivity contribution in [1.29, 1.82) is 0 Å². The number of nitrogens with zero attached hydrogens (tertiary/aromatic N) is 1. The third kappa shape index (κ3) is 3.01. The maximum absolute atomic E-state index is 9.62. The molecule has 0 bridgehead atoms. The zero-order valence-corrected chi connectivity index (χ0v) is 11.4. The van der Waals surface area contributed by atoms with Gasteiger partial charge in [0.1, 0.15) is 0 Å². The molecular weight excluding hydrogens is 212 g/mol. The third-order valence-electron chi connectivity index (χ3n) is 4.99. The van der Waals surface area contributed by atoms with Crippen molar-refractivity contribution in [2.45, 2.75) is 57.0 Å². The van der Waals surface area contributed by atoms with Crippen LogP contribution in [0.15, 0.2) is 0 Å². The monoisotopic (exact) mass is 240 g/mol. The van der Waals surface area contributed by atoms with Gasteiger partial charge in [-0.25, -0.2) is 0 Å². The molecule has 2 unspecified atom stereocenters. The number of aliphatic hydroxyl groups is 1. The molecule has 3 nitrogen and oxygen atoms in total. The Morgan fingerprint density at radius 2 is 2.00 bits per heavy atom. The molecule has 2 fully saturated rings. The lowest BCUT2D eigenvalue weighted by Gasteiger charge is -2.45. The van der Waals surface area contributed by atoms with Gasteiger partial charge in [-0.15, -0.1) is 0 Å². The summed E-state index contributed by atoms with van der Waals surface area (Å²) in [5.41, 5.74) is -0.00796. The Balaban J connectivity index is 1.92. The maximum atomic E-state index is 9.62. The van der Waals surface area contributed by atoms with E-state index in [2.05, 4.69) is 17.1 Å². The predicted molar refractivity (Wildman–Crippen MR) is 71.1 cm³/mol. The Morgan fingerprint density at radius 3 is 2.59 bits per heavy atom. The molecule has 2 N–H and O–H groups in total. The van der Waals surface area contributed by atoms with Crippen LogP contribution >= 0.6 is 0 Å². The van der Waals surface area contributed by atoms with Crippen LogP contribution in [0.25, 0.3) is 0 Å². The van der Waals surface area contributed by atoms with Crippen molar-refractivity contribution in [3.05, 3.63) is 0 Å². The average molecular weight is 240 g/mol. The van der Waals surface area contributed by atoms with Gasteiger partial charge in [0.2, 0.25) is 0 Å². The highest BCUT2D eigenvalue weighted by molar-refractivity contribution is 4.96. The number of hydrogen-bond acceptors (Lipinski definition) is 3. The summed E-state index contributed by atoms with van der Waals surface area (Å²) in [6, 6.07) is 0.691. The van der Waals surface area contributed by atoms with Crippen molar-refractivity contribution in [1.82, 2.24) is 10.2 Å². The molecule has 2 rings (SSSR count). The summed E-state index contributed by atoms with van der Waals surface area (Å²) in [7, 11) is 2.00. The quantitative estimate of drug-likeness (QED) is 0.787. The molecule has 1 aliphatic carbocycles. The number of hydrogen-bond donors (Lipinski definition) is 2. The van der Waals surface area contributed by atoms with E-state index < -0.39 is 0 Å². The van der Waals surface area contributed by atoms with Gasteiger partial charge in [-0.2, -0.15) is 0 Å². The highest BCUT2D eigenvalue weighted by Gasteiger charge is 2.37. The fourth-order valence-electron chi connectivity index (χ4n) is 3.49.